The van der Waals surface area contributed by atoms with Gasteiger partial charge in [0.25, 0.3) is 0 Å². The quantitative estimate of drug-likeness (QED) is 0.0997. The third kappa shape index (κ3) is 14.6. The van der Waals surface area contributed by atoms with Gasteiger partial charge in [0.15, 0.2) is 0 Å². The zero-order valence-electron chi connectivity index (χ0n) is 78.5. The van der Waals surface area contributed by atoms with E-state index in [1.165, 1.54) is 198 Å². The molecule has 26 aromatic rings. The monoisotopic (exact) mass is 1880 g/mol. The van der Waals surface area contributed by atoms with Crippen LogP contribution in [0.2, 0.25) is 0 Å². The predicted octanol–water partition coefficient (Wildman–Crippen LogP) is 37.1. The van der Waals surface area contributed by atoms with Crippen molar-refractivity contribution in [2.45, 2.75) is 17.3 Å². The van der Waals surface area contributed by atoms with Crippen molar-refractivity contribution < 1.29 is 0 Å². The molecule has 0 saturated carbocycles. The maximum Gasteiger partial charge on any atom is 0.0713 e. The normalized spacial score (nSPS) is 12.5. The SMILES string of the molecule is Brc1ccccc1-c1ccc(-c2ccc3c4ccccc4n(-c4ccc5c(c4)-c4ccccc4C5(c4ccccc4)c4ccccc4)c3c2)cc1.c1ccc(C2(c3ccccc3)c3ccccc3-c3cc(-n4c5ccccc5c5ccc(-c6ccc(-c7ccccc7N(c7cccc8ccccc78)c7cccc8ccccc78)cc6)cc54)ccc32)cc1.c1ccc2c(Cc3cccc4ccccc34)cccc2c1. The van der Waals surface area contributed by atoms with E-state index in [1.807, 2.05) is 0 Å². The first-order valence-corrected chi connectivity index (χ1v) is 50.2. The average Bonchev–Trinajstić information content (AvgIpc) is 1.54. The van der Waals surface area contributed by atoms with Gasteiger partial charge in [0.1, 0.15) is 0 Å². The van der Waals surface area contributed by atoms with Gasteiger partial charge in [-0.3, -0.25) is 0 Å². The van der Waals surface area contributed by atoms with Crippen molar-refractivity contribution in [1.29, 1.82) is 0 Å². The molecule has 0 aliphatic heterocycles. The zero-order valence-corrected chi connectivity index (χ0v) is 80.1. The number of hydrogen-bond donors (Lipinski definition) is 0. The minimum Gasteiger partial charge on any atom is -0.309 e. The summed E-state index contributed by atoms with van der Waals surface area (Å²) in [6.45, 7) is 0. The zero-order chi connectivity index (χ0) is 94.9. The Balaban J connectivity index is 0.000000125. The van der Waals surface area contributed by atoms with Crippen molar-refractivity contribution in [3.63, 3.8) is 0 Å². The lowest BCUT2D eigenvalue weighted by Crippen LogP contribution is -2.28. The summed E-state index contributed by atoms with van der Waals surface area (Å²) < 4.78 is 6.03. The number of aromatic nitrogens is 2. The van der Waals surface area contributed by atoms with Crippen molar-refractivity contribution in [2.75, 3.05) is 4.90 Å². The maximum atomic E-state index is 3.73. The highest BCUT2D eigenvalue weighted by Gasteiger charge is 2.48. The number of rotatable bonds is 15. The molecule has 4 heteroatoms. The third-order valence-electron chi connectivity index (χ3n) is 30.0. The Morgan fingerprint density at radius 3 is 0.902 bits per heavy atom. The molecule has 3 nitrogen and oxygen atoms in total. The number of fused-ring (bicyclic) bond motifs is 16. The second-order valence-electron chi connectivity index (χ2n) is 37.6. The Morgan fingerprint density at radius 2 is 0.476 bits per heavy atom. The molecule has 2 aliphatic rings. The number of halogens is 1. The minimum atomic E-state index is -0.447. The Hall–Kier alpha value is -17.8. The fourth-order valence-electron chi connectivity index (χ4n) is 23.6. The molecule has 0 fully saturated rings. The lowest BCUT2D eigenvalue weighted by Gasteiger charge is -2.33. The number of para-hydroxylation sites is 3. The molecule has 0 bridgehead atoms. The fourth-order valence-corrected chi connectivity index (χ4v) is 24.1. The molecule has 0 radical (unpaired) electrons. The van der Waals surface area contributed by atoms with E-state index in [4.69, 9.17) is 0 Å². The molecular weight excluding hydrogens is 1790 g/mol. The number of benzene rings is 24. The van der Waals surface area contributed by atoms with Crippen LogP contribution in [0.5, 0.6) is 0 Å². The van der Waals surface area contributed by atoms with Crippen molar-refractivity contribution in [1.82, 2.24) is 9.13 Å². The summed E-state index contributed by atoms with van der Waals surface area (Å²) in [7, 11) is 0. The van der Waals surface area contributed by atoms with E-state index in [0.29, 0.717) is 0 Å². The number of nitrogens with zero attached hydrogens (tertiary/aromatic N) is 3. The molecule has 672 valence electrons. The standard InChI is InChI=1S/C69H46N2.C49H32BrN.C21H16/c1-3-23-52(24-4-1)69(53-25-5-2-6-26-53)62-32-14-11-30-58(62)61-46-54(42-44-63(61)69)70-67-34-16-13-31-59(67)60-43-41-51(45-68(60)70)47-37-39-50(40-38-47)57-29-12-15-33-64(57)71(65-35-17-21-48-19-7-9-27-55(48)65)66-36-18-22-49-20-8-10-28-56(49)66;50-46-21-11-8-17-39(46)34-25-23-33(24-26-34)35-27-29-42-41-19-9-12-22-47(41)51(48(42)31-35)38-28-30-45-43(32-38)40-18-7-10-20-44(40)49(45,36-13-3-1-4-14-36)37-15-5-2-6-16-37;1-3-13-20-16(7-1)9-5-11-18(20)15-19-12-6-10-17-8-2-4-14-21(17)19/h1-46H;1-32H;1-14H,15H2. The van der Waals surface area contributed by atoms with Gasteiger partial charge in [0.05, 0.1) is 50.0 Å². The summed E-state index contributed by atoms with van der Waals surface area (Å²) in [5.74, 6) is 0. The Kier molecular flexibility index (Phi) is 21.7. The van der Waals surface area contributed by atoms with Crippen LogP contribution < -0.4 is 4.90 Å². The van der Waals surface area contributed by atoms with Gasteiger partial charge in [-0.25, -0.2) is 0 Å². The van der Waals surface area contributed by atoms with Gasteiger partial charge in [0, 0.05) is 53.7 Å². The van der Waals surface area contributed by atoms with Crippen molar-refractivity contribution >= 4 is 120 Å². The van der Waals surface area contributed by atoms with Crippen LogP contribution in [0, 0.1) is 0 Å². The summed E-state index contributed by atoms with van der Waals surface area (Å²) >= 11 is 3.73. The van der Waals surface area contributed by atoms with Crippen molar-refractivity contribution in [3.05, 3.63) is 618 Å². The fraction of sp³-hybridized carbons (Fsp3) is 0.0216. The molecule has 2 aliphatic carbocycles. The van der Waals surface area contributed by atoms with Crippen LogP contribution >= 0.6 is 15.9 Å². The molecule has 2 aromatic heterocycles. The Labute approximate surface area is 840 Å². The first-order valence-electron chi connectivity index (χ1n) is 49.4. The van der Waals surface area contributed by atoms with Crippen LogP contribution in [0.25, 0.3) is 165 Å². The van der Waals surface area contributed by atoms with Gasteiger partial charge >= 0.3 is 0 Å². The van der Waals surface area contributed by atoms with Gasteiger partial charge in [-0.05, 0) is 228 Å². The molecule has 0 N–H and O–H groups in total. The third-order valence-corrected chi connectivity index (χ3v) is 30.7. The summed E-state index contributed by atoms with van der Waals surface area (Å²) in [5.41, 5.74) is 37.4. The topological polar surface area (TPSA) is 13.1 Å². The van der Waals surface area contributed by atoms with Crippen LogP contribution in [-0.4, -0.2) is 9.13 Å². The van der Waals surface area contributed by atoms with Crippen molar-refractivity contribution in [3.8, 4) is 78.1 Å². The molecule has 0 saturated heterocycles. The van der Waals surface area contributed by atoms with Crippen LogP contribution in [0.4, 0.5) is 17.1 Å². The van der Waals surface area contributed by atoms with E-state index in [1.54, 1.807) is 0 Å². The first kappa shape index (κ1) is 85.6. The molecule has 0 unspecified atom stereocenters. The molecule has 24 aromatic carbocycles. The van der Waals surface area contributed by atoms with Gasteiger partial charge in [0.2, 0.25) is 0 Å². The highest BCUT2D eigenvalue weighted by molar-refractivity contribution is 9.10. The predicted molar refractivity (Wildman–Crippen MR) is 606 cm³/mol. The second-order valence-corrected chi connectivity index (χ2v) is 38.5. The first-order chi connectivity index (χ1) is 70.9. The molecule has 0 spiro atoms. The van der Waals surface area contributed by atoms with E-state index >= 15 is 0 Å². The second kappa shape index (κ2) is 36.2. The van der Waals surface area contributed by atoms with Gasteiger partial charge in [-0.2, -0.15) is 0 Å². The molecular formula is C139H94BrN3. The highest BCUT2D eigenvalue weighted by atomic mass is 79.9. The average molecular weight is 1890 g/mol. The van der Waals surface area contributed by atoms with E-state index in [9.17, 15) is 0 Å². The molecule has 28 rings (SSSR count). The van der Waals surface area contributed by atoms with E-state index in [0.717, 1.165) is 50.5 Å². The lowest BCUT2D eigenvalue weighted by molar-refractivity contribution is 0.768. The summed E-state index contributed by atoms with van der Waals surface area (Å²) in [4.78, 5) is 2.46. The van der Waals surface area contributed by atoms with E-state index in [2.05, 4.69) is 588 Å². The Bertz CT molecular complexity index is 9130. The maximum absolute atomic E-state index is 3.73. The van der Waals surface area contributed by atoms with Crippen LogP contribution in [0.15, 0.2) is 563 Å². The smallest absolute Gasteiger partial charge is 0.0713 e. The summed E-state index contributed by atoms with van der Waals surface area (Å²) in [6, 6.07) is 204. The van der Waals surface area contributed by atoms with Crippen molar-refractivity contribution in [2.24, 2.45) is 0 Å². The van der Waals surface area contributed by atoms with E-state index in [-0.39, 0.29) is 0 Å². The largest absolute Gasteiger partial charge is 0.309 e. The van der Waals surface area contributed by atoms with Crippen LogP contribution in [0.3, 0.4) is 0 Å². The van der Waals surface area contributed by atoms with Crippen LogP contribution in [0.1, 0.15) is 55.6 Å². The van der Waals surface area contributed by atoms with E-state index < -0.39 is 10.8 Å². The van der Waals surface area contributed by atoms with Crippen LogP contribution in [-0.2, 0) is 17.3 Å². The summed E-state index contributed by atoms with van der Waals surface area (Å²) in [6.07, 6.45) is 0.975. The molecule has 0 atom stereocenters. The van der Waals surface area contributed by atoms with Gasteiger partial charge in [-0.15, -0.1) is 0 Å². The van der Waals surface area contributed by atoms with Gasteiger partial charge < -0.3 is 14.0 Å². The molecule has 143 heavy (non-hydrogen) atoms. The number of hydrogen-bond acceptors (Lipinski definition) is 1. The molecule has 0 amide bonds. The molecule has 2 heterocycles. The summed E-state index contributed by atoms with van der Waals surface area (Å²) in [5, 5.41) is 15.2. The minimum absolute atomic E-state index is 0.414. The Morgan fingerprint density at radius 1 is 0.182 bits per heavy atom. The van der Waals surface area contributed by atoms with Gasteiger partial charge in [-0.1, -0.05) is 501 Å². The lowest BCUT2D eigenvalue weighted by atomic mass is 9.68. The highest BCUT2D eigenvalue weighted by Crippen LogP contribution is 2.60. The number of anilines is 3.